The number of aromatic nitrogens is 1. The van der Waals surface area contributed by atoms with Crippen LogP contribution in [-0.2, 0) is 12.0 Å². The Morgan fingerprint density at radius 2 is 2.26 bits per heavy atom. The molecular weight excluding hydrogens is 382 g/mol. The molecule has 2 atom stereocenters. The Labute approximate surface area is 167 Å². The van der Waals surface area contributed by atoms with Crippen molar-refractivity contribution in [2.45, 2.75) is 25.3 Å². The number of amidine groups is 1. The maximum atomic E-state index is 12.6. The second kappa shape index (κ2) is 7.17. The van der Waals surface area contributed by atoms with Gasteiger partial charge in [-0.1, -0.05) is 29.4 Å². The highest BCUT2D eigenvalue weighted by Gasteiger charge is 2.42. The number of halogens is 1. The highest BCUT2D eigenvalue weighted by Crippen LogP contribution is 2.47. The van der Waals surface area contributed by atoms with Crippen molar-refractivity contribution in [3.05, 3.63) is 58.4 Å². The lowest BCUT2D eigenvalue weighted by atomic mass is 9.78. The van der Waals surface area contributed by atoms with Gasteiger partial charge in [-0.2, -0.15) is 0 Å². The Morgan fingerprint density at radius 1 is 1.41 bits per heavy atom. The molecule has 5 nitrogen and oxygen atoms in total. The van der Waals surface area contributed by atoms with E-state index in [1.54, 1.807) is 23.9 Å². The molecular formula is C20H20ClN3O2S. The minimum absolute atomic E-state index is 0.0509. The molecule has 0 radical (unpaired) electrons. The largest absolute Gasteiger partial charge is 0.493 e. The summed E-state index contributed by atoms with van der Waals surface area (Å²) in [6, 6.07) is 9.23. The Balaban J connectivity index is 1.68. The molecule has 0 aliphatic carbocycles. The van der Waals surface area contributed by atoms with Crippen molar-refractivity contribution in [2.75, 3.05) is 12.4 Å². The van der Waals surface area contributed by atoms with E-state index in [2.05, 4.69) is 11.9 Å². The van der Waals surface area contributed by atoms with Crippen LogP contribution >= 0.6 is 23.4 Å². The molecule has 0 bridgehead atoms. The number of nitrogens with zero attached hydrogens (tertiary/aromatic N) is 2. The molecule has 2 aliphatic rings. The van der Waals surface area contributed by atoms with E-state index in [1.807, 2.05) is 18.2 Å². The smallest absolute Gasteiger partial charge is 0.185 e. The van der Waals surface area contributed by atoms with E-state index >= 15 is 0 Å². The Kier molecular flexibility index (Phi) is 4.86. The highest BCUT2D eigenvalue weighted by atomic mass is 35.5. The van der Waals surface area contributed by atoms with Crippen LogP contribution in [0.4, 0.5) is 0 Å². The molecule has 140 valence electrons. The van der Waals surface area contributed by atoms with E-state index in [9.17, 15) is 4.79 Å². The summed E-state index contributed by atoms with van der Waals surface area (Å²) in [5.74, 6) is 2.04. The van der Waals surface area contributed by atoms with E-state index in [1.165, 1.54) is 6.20 Å². The van der Waals surface area contributed by atoms with E-state index in [4.69, 9.17) is 27.1 Å². The van der Waals surface area contributed by atoms with E-state index in [-0.39, 0.29) is 12.2 Å². The third-order valence-electron chi connectivity index (χ3n) is 5.26. The summed E-state index contributed by atoms with van der Waals surface area (Å²) < 4.78 is 5.97. The molecule has 3 heterocycles. The van der Waals surface area contributed by atoms with Crippen LogP contribution in [0.5, 0.6) is 5.75 Å². The average molecular weight is 402 g/mol. The van der Waals surface area contributed by atoms with Crippen LogP contribution in [0.2, 0.25) is 5.02 Å². The van der Waals surface area contributed by atoms with E-state index in [0.717, 1.165) is 29.1 Å². The first-order chi connectivity index (χ1) is 13.0. The van der Waals surface area contributed by atoms with Crippen molar-refractivity contribution in [1.29, 1.82) is 0 Å². The van der Waals surface area contributed by atoms with Crippen molar-refractivity contribution < 1.29 is 9.53 Å². The molecule has 2 aliphatic heterocycles. The number of nitrogens with two attached hydrogens (primary N) is 1. The van der Waals surface area contributed by atoms with Gasteiger partial charge in [0.05, 0.1) is 17.2 Å². The normalized spacial score (nSPS) is 24.1. The number of ether oxygens (including phenoxy) is 1. The number of carbonyl (C=O) groups excluding carboxylic acids is 1. The molecule has 0 saturated heterocycles. The summed E-state index contributed by atoms with van der Waals surface area (Å²) in [5, 5.41) is 1.12. The first-order valence-corrected chi connectivity index (χ1v) is 10.2. The van der Waals surface area contributed by atoms with E-state index < -0.39 is 5.54 Å². The van der Waals surface area contributed by atoms with E-state index in [0.29, 0.717) is 28.4 Å². The number of aliphatic imine (C=N–C) groups is 1. The Morgan fingerprint density at radius 3 is 3.04 bits per heavy atom. The zero-order valence-corrected chi connectivity index (χ0v) is 16.5. The minimum Gasteiger partial charge on any atom is -0.493 e. The maximum Gasteiger partial charge on any atom is 0.185 e. The van der Waals surface area contributed by atoms with Gasteiger partial charge < -0.3 is 10.5 Å². The van der Waals surface area contributed by atoms with Crippen molar-refractivity contribution in [3.8, 4) is 5.75 Å². The number of Topliss-reactive ketones (excluding diaryl/α,β-unsaturated/α-hetero) is 1. The Hall–Kier alpha value is -2.05. The fourth-order valence-corrected chi connectivity index (χ4v) is 4.91. The van der Waals surface area contributed by atoms with Gasteiger partial charge in [-0.15, -0.1) is 0 Å². The number of rotatable bonds is 3. The van der Waals surface area contributed by atoms with Crippen LogP contribution < -0.4 is 10.5 Å². The molecule has 2 N–H and O–H groups in total. The van der Waals surface area contributed by atoms with Crippen molar-refractivity contribution in [2.24, 2.45) is 16.6 Å². The van der Waals surface area contributed by atoms with Gasteiger partial charge in [-0.05, 0) is 43.2 Å². The zero-order chi connectivity index (χ0) is 19.0. The summed E-state index contributed by atoms with van der Waals surface area (Å²) in [6.07, 6.45) is 2.68. The number of ketones is 1. The third-order valence-corrected chi connectivity index (χ3v) is 6.44. The molecule has 0 spiro atoms. The molecule has 2 aromatic rings. The van der Waals surface area contributed by atoms with Gasteiger partial charge in [-0.3, -0.25) is 14.8 Å². The molecule has 1 aromatic heterocycles. The second-order valence-corrected chi connectivity index (χ2v) is 8.51. The maximum absolute atomic E-state index is 12.6. The predicted octanol–water partition coefficient (Wildman–Crippen LogP) is 3.84. The first-order valence-electron chi connectivity index (χ1n) is 8.85. The lowest BCUT2D eigenvalue weighted by molar-refractivity contribution is 0.0988. The lowest BCUT2D eigenvalue weighted by Gasteiger charge is -2.36. The summed E-state index contributed by atoms with van der Waals surface area (Å²) >= 11 is 7.45. The summed E-state index contributed by atoms with van der Waals surface area (Å²) in [5.41, 5.74) is 7.93. The Bertz CT molecular complexity index is 916. The van der Waals surface area contributed by atoms with Crippen LogP contribution in [0.25, 0.3) is 0 Å². The number of hydrogen-bond acceptors (Lipinski definition) is 6. The van der Waals surface area contributed by atoms with Gasteiger partial charge in [0.15, 0.2) is 11.0 Å². The van der Waals surface area contributed by atoms with Crippen molar-refractivity contribution in [3.63, 3.8) is 0 Å². The first kappa shape index (κ1) is 18.3. The number of benzene rings is 1. The molecule has 0 fully saturated rings. The summed E-state index contributed by atoms with van der Waals surface area (Å²) in [6.45, 7) is 2.78. The van der Waals surface area contributed by atoms with Crippen LogP contribution in [-0.4, -0.2) is 28.3 Å². The molecule has 4 rings (SSSR count). The van der Waals surface area contributed by atoms with Crippen LogP contribution in [0.3, 0.4) is 0 Å². The zero-order valence-electron chi connectivity index (χ0n) is 14.9. The SMILES string of the molecule is C[C@@]12N=C(N)SC[C@@H]1CCOc1ccc(CC(=O)c3ccc(Cl)cn3)cc12. The lowest BCUT2D eigenvalue weighted by Crippen LogP contribution is -2.37. The van der Waals surface area contributed by atoms with Crippen molar-refractivity contribution in [1.82, 2.24) is 4.98 Å². The fourth-order valence-electron chi connectivity index (χ4n) is 3.68. The number of fused-ring (bicyclic) bond motifs is 3. The summed E-state index contributed by atoms with van der Waals surface area (Å²) in [4.78, 5) is 21.5. The van der Waals surface area contributed by atoms with Crippen molar-refractivity contribution >= 4 is 34.3 Å². The number of hydrogen-bond donors (Lipinski definition) is 1. The highest BCUT2D eigenvalue weighted by molar-refractivity contribution is 8.13. The molecule has 0 amide bonds. The summed E-state index contributed by atoms with van der Waals surface area (Å²) in [7, 11) is 0. The van der Waals surface area contributed by atoms with Gasteiger partial charge in [-0.25, -0.2) is 0 Å². The van der Waals surface area contributed by atoms with Crippen LogP contribution in [0.1, 0.15) is 35.0 Å². The van der Waals surface area contributed by atoms with Gasteiger partial charge in [0.1, 0.15) is 11.4 Å². The van der Waals surface area contributed by atoms with Gasteiger partial charge >= 0.3 is 0 Å². The van der Waals surface area contributed by atoms with Crippen LogP contribution in [0.15, 0.2) is 41.5 Å². The van der Waals surface area contributed by atoms with Gasteiger partial charge in [0, 0.05) is 29.9 Å². The molecule has 0 saturated carbocycles. The molecule has 0 unspecified atom stereocenters. The molecule has 27 heavy (non-hydrogen) atoms. The molecule has 1 aromatic carbocycles. The third kappa shape index (κ3) is 3.56. The average Bonchev–Trinajstić information content (AvgIpc) is 2.78. The van der Waals surface area contributed by atoms with Gasteiger partial charge in [0.2, 0.25) is 0 Å². The number of thioether (sulfide) groups is 1. The monoisotopic (exact) mass is 401 g/mol. The topological polar surface area (TPSA) is 77.6 Å². The number of carbonyl (C=O) groups is 1. The second-order valence-electron chi connectivity index (χ2n) is 7.03. The number of pyridine rings is 1. The predicted molar refractivity (Wildman–Crippen MR) is 109 cm³/mol. The minimum atomic E-state index is -0.432. The quantitative estimate of drug-likeness (QED) is 0.790. The van der Waals surface area contributed by atoms with Crippen LogP contribution in [0, 0.1) is 5.92 Å². The fraction of sp³-hybridized carbons (Fsp3) is 0.350. The van der Waals surface area contributed by atoms with Gasteiger partial charge in [0.25, 0.3) is 0 Å². The standard InChI is InChI=1S/C20H20ClN3O2S/c1-20-13(11-27-19(22)24-20)6-7-26-18-5-2-12(8-15(18)20)9-17(25)16-4-3-14(21)10-23-16/h2-5,8,10,13H,6-7,9,11H2,1H3,(H2,22,24)/t13-,20+/m0/s1. The molecule has 7 heteroatoms.